The highest BCUT2D eigenvalue weighted by molar-refractivity contribution is 6.00. The minimum absolute atomic E-state index is 0.115. The normalized spacial score (nSPS) is 11.1. The average molecular weight is 377 g/mol. The summed E-state index contributed by atoms with van der Waals surface area (Å²) in [4.78, 5) is 23.8. The molecule has 0 unspecified atom stereocenters. The molecule has 6 nitrogen and oxygen atoms in total. The number of fused-ring (bicyclic) bond motifs is 1. The first kappa shape index (κ1) is 19.4. The fraction of sp³-hybridized carbons (Fsp3) is 0.227. The molecule has 1 amide bonds. The van der Waals surface area contributed by atoms with Gasteiger partial charge in [0.2, 0.25) is 5.91 Å². The van der Waals surface area contributed by atoms with E-state index < -0.39 is 0 Å². The van der Waals surface area contributed by atoms with Crippen molar-refractivity contribution in [2.75, 3.05) is 7.11 Å². The van der Waals surface area contributed by atoms with Gasteiger partial charge in [-0.2, -0.15) is 5.10 Å². The van der Waals surface area contributed by atoms with Gasteiger partial charge in [-0.3, -0.25) is 9.59 Å². The molecular weight excluding hydrogens is 354 g/mol. The topological polar surface area (TPSA) is 72.7 Å². The smallest absolute Gasteiger partial charge is 0.325 e. The van der Waals surface area contributed by atoms with E-state index in [1.54, 1.807) is 10.8 Å². The Labute approximate surface area is 163 Å². The Hall–Kier alpha value is -3.41. The quantitative estimate of drug-likeness (QED) is 0.407. The van der Waals surface area contributed by atoms with Crippen LogP contribution in [0.2, 0.25) is 0 Å². The van der Waals surface area contributed by atoms with Crippen molar-refractivity contribution < 1.29 is 14.3 Å². The number of nitrogens with zero attached hydrogens (tertiary/aromatic N) is 2. The second-order valence-electron chi connectivity index (χ2n) is 6.71. The molecule has 2 aromatic carbocycles. The molecule has 0 saturated heterocycles. The van der Waals surface area contributed by atoms with Gasteiger partial charge < -0.3 is 9.30 Å². The van der Waals surface area contributed by atoms with Crippen LogP contribution in [0.1, 0.15) is 22.3 Å². The molecule has 0 aliphatic heterocycles. The second-order valence-corrected chi connectivity index (χ2v) is 6.71. The Kier molecular flexibility index (Phi) is 5.89. The van der Waals surface area contributed by atoms with Gasteiger partial charge in [0.05, 0.1) is 19.7 Å². The largest absolute Gasteiger partial charge is 0.468 e. The van der Waals surface area contributed by atoms with E-state index in [2.05, 4.69) is 16.6 Å². The number of ether oxygens (including phenoxy) is 1. The van der Waals surface area contributed by atoms with Gasteiger partial charge in [-0.1, -0.05) is 42.0 Å². The molecule has 0 fully saturated rings. The number of rotatable bonds is 6. The van der Waals surface area contributed by atoms with E-state index in [4.69, 9.17) is 4.74 Å². The lowest BCUT2D eigenvalue weighted by molar-refractivity contribution is -0.141. The lowest BCUT2D eigenvalue weighted by Crippen LogP contribution is -2.20. The lowest BCUT2D eigenvalue weighted by atomic mass is 10.0. The molecule has 1 N–H and O–H groups in total. The number of hydrazone groups is 1. The third-order valence-electron chi connectivity index (χ3n) is 4.59. The first-order valence-electron chi connectivity index (χ1n) is 9.00. The summed E-state index contributed by atoms with van der Waals surface area (Å²) in [7, 11) is 1.36. The van der Waals surface area contributed by atoms with Crippen LogP contribution in [0.15, 0.2) is 53.8 Å². The number of amides is 1. The SMILES string of the molecule is COC(=O)Cn1cc(/C=N/NC(=O)Cc2ccc(C)cc2C)c2ccccc21. The van der Waals surface area contributed by atoms with Crippen molar-refractivity contribution in [2.45, 2.75) is 26.8 Å². The number of benzene rings is 2. The Morgan fingerprint density at radius 1 is 1.18 bits per heavy atom. The maximum Gasteiger partial charge on any atom is 0.325 e. The molecule has 0 aliphatic carbocycles. The van der Waals surface area contributed by atoms with Gasteiger partial charge in [0.1, 0.15) is 6.54 Å². The number of hydrogen-bond acceptors (Lipinski definition) is 4. The minimum atomic E-state index is -0.328. The Morgan fingerprint density at radius 2 is 1.96 bits per heavy atom. The zero-order chi connectivity index (χ0) is 20.1. The summed E-state index contributed by atoms with van der Waals surface area (Å²) in [5, 5.41) is 5.04. The number of hydrogen-bond donors (Lipinski definition) is 1. The van der Waals surface area contributed by atoms with Crippen molar-refractivity contribution >= 4 is 29.0 Å². The van der Waals surface area contributed by atoms with Crippen LogP contribution >= 0.6 is 0 Å². The first-order valence-corrected chi connectivity index (χ1v) is 9.00. The third-order valence-corrected chi connectivity index (χ3v) is 4.59. The predicted octanol–water partition coefficient (Wildman–Crippen LogP) is 3.12. The van der Waals surface area contributed by atoms with Crippen LogP contribution in [-0.4, -0.2) is 29.8 Å². The molecule has 0 bridgehead atoms. The Morgan fingerprint density at radius 3 is 2.71 bits per heavy atom. The number of aromatic nitrogens is 1. The Balaban J connectivity index is 1.72. The summed E-state index contributed by atoms with van der Waals surface area (Å²) in [6.45, 7) is 4.14. The highest BCUT2D eigenvalue weighted by Gasteiger charge is 2.10. The number of carbonyl (C=O) groups excluding carboxylic acids is 2. The van der Waals surface area contributed by atoms with Crippen molar-refractivity contribution in [3.05, 3.63) is 70.9 Å². The molecule has 1 aromatic heterocycles. The standard InChI is InChI=1S/C22H23N3O3/c1-15-8-9-17(16(2)10-15)11-21(26)24-23-12-18-13-25(14-22(27)28-3)20-7-5-4-6-19(18)20/h4-10,12-13H,11,14H2,1-3H3,(H,24,26)/b23-12+. The van der Waals surface area contributed by atoms with Crippen LogP contribution in [0.25, 0.3) is 10.9 Å². The zero-order valence-electron chi connectivity index (χ0n) is 16.2. The van der Waals surface area contributed by atoms with Crippen LogP contribution in [0.4, 0.5) is 0 Å². The fourth-order valence-corrected chi connectivity index (χ4v) is 3.14. The summed E-state index contributed by atoms with van der Waals surface area (Å²) in [5.74, 6) is -0.507. The lowest BCUT2D eigenvalue weighted by Gasteiger charge is -2.05. The molecule has 3 rings (SSSR count). The van der Waals surface area contributed by atoms with E-state index >= 15 is 0 Å². The third kappa shape index (κ3) is 4.46. The molecule has 0 atom stereocenters. The minimum Gasteiger partial charge on any atom is -0.468 e. The molecule has 3 aromatic rings. The van der Waals surface area contributed by atoms with Crippen molar-refractivity contribution in [1.29, 1.82) is 0 Å². The van der Waals surface area contributed by atoms with Gasteiger partial charge >= 0.3 is 5.97 Å². The van der Waals surface area contributed by atoms with Gasteiger partial charge in [0.15, 0.2) is 0 Å². The first-order chi connectivity index (χ1) is 13.5. The molecule has 144 valence electrons. The molecule has 0 aliphatic rings. The van der Waals surface area contributed by atoms with E-state index in [9.17, 15) is 9.59 Å². The predicted molar refractivity (Wildman–Crippen MR) is 109 cm³/mol. The van der Waals surface area contributed by atoms with E-state index in [0.717, 1.165) is 27.6 Å². The number of para-hydroxylation sites is 1. The van der Waals surface area contributed by atoms with Crippen molar-refractivity contribution in [1.82, 2.24) is 9.99 Å². The highest BCUT2D eigenvalue weighted by atomic mass is 16.5. The molecular formula is C22H23N3O3. The Bertz CT molecular complexity index is 1050. The second kappa shape index (κ2) is 8.52. The van der Waals surface area contributed by atoms with Gasteiger partial charge in [-0.15, -0.1) is 0 Å². The van der Waals surface area contributed by atoms with Gasteiger partial charge in [0, 0.05) is 22.7 Å². The molecule has 0 saturated carbocycles. The molecule has 6 heteroatoms. The number of carbonyl (C=O) groups is 2. The zero-order valence-corrected chi connectivity index (χ0v) is 16.2. The van der Waals surface area contributed by atoms with Crippen LogP contribution < -0.4 is 5.43 Å². The van der Waals surface area contributed by atoms with Gasteiger partial charge in [-0.25, -0.2) is 5.43 Å². The monoisotopic (exact) mass is 377 g/mol. The maximum atomic E-state index is 12.2. The number of esters is 1. The van der Waals surface area contributed by atoms with Crippen molar-refractivity contribution in [3.63, 3.8) is 0 Å². The summed E-state index contributed by atoms with van der Waals surface area (Å²) >= 11 is 0. The van der Waals surface area contributed by atoms with Crippen molar-refractivity contribution in [3.8, 4) is 0 Å². The van der Waals surface area contributed by atoms with Crippen LogP contribution in [0.5, 0.6) is 0 Å². The van der Waals surface area contributed by atoms with Gasteiger partial charge in [0.25, 0.3) is 0 Å². The van der Waals surface area contributed by atoms with Crippen LogP contribution in [-0.2, 0) is 27.3 Å². The van der Waals surface area contributed by atoms with Crippen molar-refractivity contribution in [2.24, 2.45) is 5.10 Å². The van der Waals surface area contributed by atoms with E-state index in [1.165, 1.54) is 12.7 Å². The number of nitrogens with one attached hydrogen (secondary N) is 1. The van der Waals surface area contributed by atoms with E-state index in [1.807, 2.05) is 56.4 Å². The maximum absolute atomic E-state index is 12.2. The number of aryl methyl sites for hydroxylation is 2. The van der Waals surface area contributed by atoms with Gasteiger partial charge in [-0.05, 0) is 31.0 Å². The van der Waals surface area contributed by atoms with E-state index in [0.29, 0.717) is 0 Å². The average Bonchev–Trinajstić information content (AvgIpc) is 3.02. The summed E-state index contributed by atoms with van der Waals surface area (Å²) in [6.07, 6.45) is 3.69. The number of methoxy groups -OCH3 is 1. The molecule has 28 heavy (non-hydrogen) atoms. The molecule has 0 radical (unpaired) electrons. The van der Waals surface area contributed by atoms with E-state index in [-0.39, 0.29) is 24.8 Å². The van der Waals surface area contributed by atoms with Crippen LogP contribution in [0, 0.1) is 13.8 Å². The summed E-state index contributed by atoms with van der Waals surface area (Å²) in [5.41, 5.74) is 7.52. The molecule has 0 spiro atoms. The summed E-state index contributed by atoms with van der Waals surface area (Å²) < 4.78 is 6.55. The summed E-state index contributed by atoms with van der Waals surface area (Å²) in [6, 6.07) is 13.7. The van der Waals surface area contributed by atoms with Crippen LogP contribution in [0.3, 0.4) is 0 Å². The molecule has 1 heterocycles. The highest BCUT2D eigenvalue weighted by Crippen LogP contribution is 2.20. The fourth-order valence-electron chi connectivity index (χ4n) is 3.14.